The topological polar surface area (TPSA) is 26.3 Å². The molecule has 0 saturated heterocycles. The molecule has 3 rings (SSSR count). The van der Waals surface area contributed by atoms with E-state index in [0.717, 1.165) is 23.0 Å². The van der Waals surface area contributed by atoms with Crippen LogP contribution >= 0.6 is 0 Å². The van der Waals surface area contributed by atoms with Gasteiger partial charge in [-0.1, -0.05) is 60.7 Å². The third-order valence-electron chi connectivity index (χ3n) is 3.48. The van der Waals surface area contributed by atoms with Gasteiger partial charge >= 0.3 is 0 Å². The Bertz CT molecular complexity index is 749. The summed E-state index contributed by atoms with van der Waals surface area (Å²) in [6, 6.07) is 25.5. The highest BCUT2D eigenvalue weighted by atomic mass is 16.5. The minimum absolute atomic E-state index is 0.490. The van der Waals surface area contributed by atoms with Crippen LogP contribution in [0.15, 0.2) is 78.9 Å². The number of aldehydes is 1. The van der Waals surface area contributed by atoms with Crippen LogP contribution in [-0.2, 0) is 6.61 Å². The van der Waals surface area contributed by atoms with Crippen molar-refractivity contribution in [1.82, 2.24) is 0 Å². The van der Waals surface area contributed by atoms with Crippen LogP contribution in [0.4, 0.5) is 0 Å². The van der Waals surface area contributed by atoms with Crippen LogP contribution in [0.25, 0.3) is 11.1 Å². The van der Waals surface area contributed by atoms with Gasteiger partial charge in [0.05, 0.1) is 0 Å². The Morgan fingerprint density at radius 3 is 2.18 bits per heavy atom. The highest BCUT2D eigenvalue weighted by Gasteiger charge is 2.06. The molecule has 0 amide bonds. The fourth-order valence-corrected chi connectivity index (χ4v) is 2.35. The van der Waals surface area contributed by atoms with Crippen molar-refractivity contribution in [3.8, 4) is 16.9 Å². The van der Waals surface area contributed by atoms with E-state index in [4.69, 9.17) is 4.74 Å². The normalized spacial score (nSPS) is 10.2. The van der Waals surface area contributed by atoms with E-state index in [9.17, 15) is 4.79 Å². The summed E-state index contributed by atoms with van der Waals surface area (Å²) in [4.78, 5) is 11.4. The van der Waals surface area contributed by atoms with E-state index >= 15 is 0 Å². The van der Waals surface area contributed by atoms with Crippen LogP contribution in [0.5, 0.6) is 5.75 Å². The first kappa shape index (κ1) is 14.1. The molecule has 0 aromatic heterocycles. The average molecular weight is 288 g/mol. The predicted molar refractivity (Wildman–Crippen MR) is 88.0 cm³/mol. The standard InChI is InChI=1S/C20H16O2/c21-14-18-13-19(22-15-16-7-3-1-4-8-16)11-12-20(18)17-9-5-2-6-10-17/h1-14H,15H2. The maximum absolute atomic E-state index is 11.4. The second-order valence-corrected chi connectivity index (χ2v) is 5.01. The lowest BCUT2D eigenvalue weighted by atomic mass is 10.0. The summed E-state index contributed by atoms with van der Waals surface area (Å²) in [6.45, 7) is 0.490. The number of carbonyl (C=O) groups is 1. The molecule has 2 nitrogen and oxygen atoms in total. The first-order valence-electron chi connectivity index (χ1n) is 7.18. The lowest BCUT2D eigenvalue weighted by Crippen LogP contribution is -1.96. The zero-order valence-corrected chi connectivity index (χ0v) is 12.1. The van der Waals surface area contributed by atoms with Gasteiger partial charge < -0.3 is 4.74 Å². The van der Waals surface area contributed by atoms with Gasteiger partial charge in [-0.25, -0.2) is 0 Å². The minimum Gasteiger partial charge on any atom is -0.489 e. The van der Waals surface area contributed by atoms with Crippen LogP contribution in [0.3, 0.4) is 0 Å². The van der Waals surface area contributed by atoms with E-state index in [1.807, 2.05) is 72.8 Å². The summed E-state index contributed by atoms with van der Waals surface area (Å²) in [5.41, 5.74) is 3.68. The van der Waals surface area contributed by atoms with Crippen LogP contribution in [0.1, 0.15) is 15.9 Å². The molecule has 0 radical (unpaired) electrons. The van der Waals surface area contributed by atoms with Gasteiger partial charge in [0.1, 0.15) is 12.4 Å². The quantitative estimate of drug-likeness (QED) is 0.634. The molecule has 0 atom stereocenters. The van der Waals surface area contributed by atoms with Crippen molar-refractivity contribution in [2.75, 3.05) is 0 Å². The van der Waals surface area contributed by atoms with E-state index in [1.165, 1.54) is 0 Å². The summed E-state index contributed by atoms with van der Waals surface area (Å²) in [7, 11) is 0. The molecule has 2 heteroatoms. The lowest BCUT2D eigenvalue weighted by molar-refractivity contribution is 0.112. The smallest absolute Gasteiger partial charge is 0.150 e. The fraction of sp³-hybridized carbons (Fsp3) is 0.0500. The zero-order chi connectivity index (χ0) is 15.2. The largest absolute Gasteiger partial charge is 0.489 e. The van der Waals surface area contributed by atoms with Crippen molar-refractivity contribution < 1.29 is 9.53 Å². The van der Waals surface area contributed by atoms with Gasteiger partial charge in [-0.05, 0) is 34.9 Å². The highest BCUT2D eigenvalue weighted by Crippen LogP contribution is 2.26. The Morgan fingerprint density at radius 2 is 1.50 bits per heavy atom. The van der Waals surface area contributed by atoms with Crippen LogP contribution in [0.2, 0.25) is 0 Å². The van der Waals surface area contributed by atoms with Crippen molar-refractivity contribution >= 4 is 6.29 Å². The van der Waals surface area contributed by atoms with Crippen molar-refractivity contribution in [2.24, 2.45) is 0 Å². The molecule has 3 aromatic carbocycles. The average Bonchev–Trinajstić information content (AvgIpc) is 2.61. The molecule has 22 heavy (non-hydrogen) atoms. The van der Waals surface area contributed by atoms with Gasteiger partial charge in [-0.2, -0.15) is 0 Å². The molecule has 0 bridgehead atoms. The maximum atomic E-state index is 11.4. The summed E-state index contributed by atoms with van der Waals surface area (Å²) in [5, 5.41) is 0. The number of hydrogen-bond acceptors (Lipinski definition) is 2. The molecular formula is C20H16O2. The maximum Gasteiger partial charge on any atom is 0.150 e. The van der Waals surface area contributed by atoms with E-state index in [1.54, 1.807) is 6.07 Å². The Morgan fingerprint density at radius 1 is 0.818 bits per heavy atom. The molecule has 0 aliphatic carbocycles. The molecule has 0 N–H and O–H groups in total. The van der Waals surface area contributed by atoms with Gasteiger partial charge in [0, 0.05) is 5.56 Å². The molecule has 0 fully saturated rings. The Labute approximate surface area is 130 Å². The number of ether oxygens (including phenoxy) is 1. The minimum atomic E-state index is 0.490. The fourth-order valence-electron chi connectivity index (χ4n) is 2.35. The van der Waals surface area contributed by atoms with Gasteiger partial charge in [-0.3, -0.25) is 4.79 Å². The SMILES string of the molecule is O=Cc1cc(OCc2ccccc2)ccc1-c1ccccc1. The third-order valence-corrected chi connectivity index (χ3v) is 3.48. The van der Waals surface area contributed by atoms with Gasteiger partial charge in [-0.15, -0.1) is 0 Å². The van der Waals surface area contributed by atoms with Crippen LogP contribution in [0, 0.1) is 0 Å². The third kappa shape index (κ3) is 3.23. The molecule has 0 unspecified atom stereocenters. The van der Waals surface area contributed by atoms with E-state index in [2.05, 4.69) is 0 Å². The second-order valence-electron chi connectivity index (χ2n) is 5.01. The number of hydrogen-bond donors (Lipinski definition) is 0. The van der Waals surface area contributed by atoms with E-state index in [-0.39, 0.29) is 0 Å². The summed E-state index contributed by atoms with van der Waals surface area (Å²) in [6.07, 6.45) is 0.873. The lowest BCUT2D eigenvalue weighted by Gasteiger charge is -2.10. The van der Waals surface area contributed by atoms with Crippen LogP contribution in [-0.4, -0.2) is 6.29 Å². The molecule has 108 valence electrons. The van der Waals surface area contributed by atoms with Gasteiger partial charge in [0.15, 0.2) is 6.29 Å². The van der Waals surface area contributed by atoms with Crippen molar-refractivity contribution in [1.29, 1.82) is 0 Å². The summed E-state index contributed by atoms with van der Waals surface area (Å²) in [5.74, 6) is 0.700. The first-order chi connectivity index (χ1) is 10.9. The molecule has 0 saturated carbocycles. The van der Waals surface area contributed by atoms with E-state index in [0.29, 0.717) is 17.9 Å². The van der Waals surface area contributed by atoms with Gasteiger partial charge in [0.25, 0.3) is 0 Å². The molecule has 0 spiro atoms. The number of carbonyl (C=O) groups excluding carboxylic acids is 1. The zero-order valence-electron chi connectivity index (χ0n) is 12.1. The van der Waals surface area contributed by atoms with Gasteiger partial charge in [0.2, 0.25) is 0 Å². The van der Waals surface area contributed by atoms with Crippen molar-refractivity contribution in [3.63, 3.8) is 0 Å². The molecule has 3 aromatic rings. The van der Waals surface area contributed by atoms with E-state index < -0.39 is 0 Å². The highest BCUT2D eigenvalue weighted by molar-refractivity contribution is 5.88. The Balaban J connectivity index is 1.81. The molecular weight excluding hydrogens is 272 g/mol. The van der Waals surface area contributed by atoms with Crippen molar-refractivity contribution in [3.05, 3.63) is 90.0 Å². The number of benzene rings is 3. The predicted octanol–water partition coefficient (Wildman–Crippen LogP) is 4.75. The van der Waals surface area contributed by atoms with Crippen LogP contribution < -0.4 is 4.74 Å². The molecule has 0 heterocycles. The Kier molecular flexibility index (Phi) is 4.30. The number of rotatable bonds is 5. The summed E-state index contributed by atoms with van der Waals surface area (Å²) >= 11 is 0. The van der Waals surface area contributed by atoms with Crippen molar-refractivity contribution in [2.45, 2.75) is 6.61 Å². The first-order valence-corrected chi connectivity index (χ1v) is 7.18. The monoisotopic (exact) mass is 288 g/mol. The summed E-state index contributed by atoms with van der Waals surface area (Å²) < 4.78 is 5.77. The Hall–Kier alpha value is -2.87. The molecule has 0 aliphatic heterocycles. The second kappa shape index (κ2) is 6.72. The molecule has 0 aliphatic rings.